The number of carbonyl (C=O) groups excluding carboxylic acids is 2. The molecule has 0 saturated heterocycles. The van der Waals surface area contributed by atoms with Crippen LogP contribution in [0.25, 0.3) is 0 Å². The molecule has 2 aliphatic carbocycles. The number of hydrogen-bond donors (Lipinski definition) is 1. The SMILES string of the molecule is CC(C)(C)c1ccccc1C1C2=CC=C3C(=O)N(CCO)C4=C3C2C(=C[N+]1=O)CC4=O. The topological polar surface area (TPSA) is 77.7 Å². The van der Waals surface area contributed by atoms with E-state index in [2.05, 4.69) is 26.8 Å². The molecule has 0 aromatic heterocycles. The van der Waals surface area contributed by atoms with Gasteiger partial charge in [-0.25, -0.2) is 0 Å². The molecule has 0 saturated carbocycles. The highest BCUT2D eigenvalue weighted by atomic mass is 16.3. The number of allylic oxidation sites excluding steroid dienone is 4. The largest absolute Gasteiger partial charge is 0.395 e. The number of benzene rings is 1. The third-order valence-electron chi connectivity index (χ3n) is 6.61. The van der Waals surface area contributed by atoms with E-state index < -0.39 is 6.04 Å². The third-order valence-corrected chi connectivity index (χ3v) is 6.61. The predicted molar refractivity (Wildman–Crippen MR) is 115 cm³/mol. The van der Waals surface area contributed by atoms with Crippen molar-refractivity contribution in [3.8, 4) is 0 Å². The van der Waals surface area contributed by atoms with Crippen molar-refractivity contribution in [2.24, 2.45) is 5.92 Å². The van der Waals surface area contributed by atoms with Crippen LogP contribution in [0.5, 0.6) is 0 Å². The number of amides is 1. The average Bonchev–Trinajstić information content (AvgIpc) is 2.99. The summed E-state index contributed by atoms with van der Waals surface area (Å²) in [7, 11) is 0. The summed E-state index contributed by atoms with van der Waals surface area (Å²) in [6, 6.07) is 7.46. The number of carbonyl (C=O) groups is 2. The molecule has 2 unspecified atom stereocenters. The first-order valence-corrected chi connectivity index (χ1v) is 10.6. The second kappa shape index (κ2) is 6.69. The molecule has 0 radical (unpaired) electrons. The molecule has 31 heavy (non-hydrogen) atoms. The van der Waals surface area contributed by atoms with Crippen LogP contribution in [0.2, 0.25) is 0 Å². The smallest absolute Gasteiger partial charge is 0.258 e. The molecule has 2 atom stereocenters. The first kappa shape index (κ1) is 19.8. The van der Waals surface area contributed by atoms with Gasteiger partial charge in [-0.2, -0.15) is 0 Å². The summed E-state index contributed by atoms with van der Waals surface area (Å²) < 4.78 is 0.960. The van der Waals surface area contributed by atoms with Crippen molar-refractivity contribution in [2.75, 3.05) is 13.2 Å². The van der Waals surface area contributed by atoms with Crippen molar-refractivity contribution >= 4 is 11.7 Å². The second-order valence-corrected chi connectivity index (χ2v) is 9.53. The van der Waals surface area contributed by atoms with Crippen molar-refractivity contribution in [3.63, 3.8) is 0 Å². The van der Waals surface area contributed by atoms with Crippen molar-refractivity contribution in [2.45, 2.75) is 38.6 Å². The lowest BCUT2D eigenvalue weighted by atomic mass is 9.67. The maximum absolute atomic E-state index is 13.3. The molecule has 2 heterocycles. The Bertz CT molecular complexity index is 1180. The summed E-state index contributed by atoms with van der Waals surface area (Å²) in [6.07, 6.45) is 5.29. The fourth-order valence-corrected chi connectivity index (χ4v) is 5.40. The summed E-state index contributed by atoms with van der Waals surface area (Å²) >= 11 is 0. The summed E-state index contributed by atoms with van der Waals surface area (Å²) in [6.45, 7) is 6.25. The first-order chi connectivity index (χ1) is 14.7. The first-order valence-electron chi connectivity index (χ1n) is 10.6. The minimum Gasteiger partial charge on any atom is -0.395 e. The number of β-amino-alcohol motifs (C(OH)–C–C–N with tert-alkyl or cyclic N) is 1. The molecule has 0 bridgehead atoms. The van der Waals surface area contributed by atoms with E-state index in [0.29, 0.717) is 16.8 Å². The Morgan fingerprint density at radius 1 is 1.16 bits per heavy atom. The second-order valence-electron chi connectivity index (χ2n) is 9.53. The van der Waals surface area contributed by atoms with E-state index in [0.717, 1.165) is 27.0 Å². The Hall–Kier alpha value is -3.12. The lowest BCUT2D eigenvalue weighted by Gasteiger charge is -2.35. The number of nitroso groups, excluding NO2 is 1. The van der Waals surface area contributed by atoms with Crippen LogP contribution in [0.15, 0.2) is 70.6 Å². The van der Waals surface area contributed by atoms with Gasteiger partial charge in [-0.3, -0.25) is 9.59 Å². The van der Waals surface area contributed by atoms with Gasteiger partial charge in [0.15, 0.2) is 5.78 Å². The molecule has 0 spiro atoms. The van der Waals surface area contributed by atoms with E-state index in [1.165, 1.54) is 4.90 Å². The number of hydrogen-bond acceptors (Lipinski definition) is 4. The Kier molecular flexibility index (Phi) is 4.28. The van der Waals surface area contributed by atoms with E-state index >= 15 is 0 Å². The summed E-state index contributed by atoms with van der Waals surface area (Å²) in [5, 5.41) is 9.44. The number of ketones is 1. The number of aliphatic hydroxyl groups excluding tert-OH is 1. The van der Waals surface area contributed by atoms with Gasteiger partial charge in [-0.15, -0.1) is 0 Å². The minimum atomic E-state index is -0.522. The summed E-state index contributed by atoms with van der Waals surface area (Å²) in [5.74, 6) is -0.686. The Balaban J connectivity index is 1.73. The molecule has 6 heteroatoms. The van der Waals surface area contributed by atoms with Crippen LogP contribution in [-0.4, -0.2) is 39.6 Å². The molecular formula is C25H25N2O4+. The number of nitrogens with zero attached hydrogens (tertiary/aromatic N) is 2. The van der Waals surface area contributed by atoms with Gasteiger partial charge in [0, 0.05) is 56.4 Å². The number of rotatable bonds is 3. The van der Waals surface area contributed by atoms with E-state index in [4.69, 9.17) is 0 Å². The summed E-state index contributed by atoms with van der Waals surface area (Å²) in [4.78, 5) is 40.6. The van der Waals surface area contributed by atoms with Gasteiger partial charge in [-0.1, -0.05) is 51.1 Å². The number of aliphatic hydroxyl groups is 1. The zero-order valence-corrected chi connectivity index (χ0v) is 17.9. The van der Waals surface area contributed by atoms with E-state index in [-0.39, 0.29) is 42.6 Å². The molecule has 4 aliphatic rings. The van der Waals surface area contributed by atoms with Crippen LogP contribution in [0.1, 0.15) is 44.4 Å². The third kappa shape index (κ3) is 2.74. The van der Waals surface area contributed by atoms with Gasteiger partial charge >= 0.3 is 0 Å². The molecule has 158 valence electrons. The maximum Gasteiger partial charge on any atom is 0.258 e. The Labute approximate surface area is 180 Å². The molecular weight excluding hydrogens is 392 g/mol. The molecule has 1 aromatic rings. The lowest BCUT2D eigenvalue weighted by Crippen LogP contribution is -2.36. The van der Waals surface area contributed by atoms with Gasteiger partial charge < -0.3 is 10.0 Å². The van der Waals surface area contributed by atoms with Crippen LogP contribution in [-0.2, 0) is 15.0 Å². The normalized spacial score (nSPS) is 24.8. The lowest BCUT2D eigenvalue weighted by molar-refractivity contribution is -0.523. The van der Waals surface area contributed by atoms with Crippen molar-refractivity contribution < 1.29 is 19.5 Å². The standard InChI is InChI=1S/C25H25N2O4/c1-25(2,3)18-7-5-4-6-15(18)22-16-8-9-17-21-20(16)14(13-27(22)31)12-19(29)23(21)26(10-11-28)24(17)30/h4-9,13,20,22,28H,10-12H2,1-3H3/q+1. The summed E-state index contributed by atoms with van der Waals surface area (Å²) in [5.41, 5.74) is 5.11. The van der Waals surface area contributed by atoms with Crippen LogP contribution < -0.4 is 0 Å². The van der Waals surface area contributed by atoms with Crippen LogP contribution in [0.3, 0.4) is 0 Å². The van der Waals surface area contributed by atoms with Gasteiger partial charge in [0.2, 0.25) is 6.20 Å². The zero-order chi connectivity index (χ0) is 22.1. The fourth-order valence-electron chi connectivity index (χ4n) is 5.40. The van der Waals surface area contributed by atoms with Crippen LogP contribution in [0, 0.1) is 10.8 Å². The minimum absolute atomic E-state index is 0.0891. The van der Waals surface area contributed by atoms with Gasteiger partial charge in [-0.05, 0) is 17.1 Å². The molecule has 1 N–H and O–H groups in total. The molecule has 0 fully saturated rings. The van der Waals surface area contributed by atoms with Gasteiger partial charge in [0.05, 0.1) is 12.3 Å². The van der Waals surface area contributed by atoms with E-state index in [1.54, 1.807) is 12.3 Å². The Morgan fingerprint density at radius 3 is 2.61 bits per heavy atom. The monoisotopic (exact) mass is 417 g/mol. The number of Topliss-reactive ketones (excluding diaryl/α,β-unsaturated/α-hetero) is 1. The molecule has 6 nitrogen and oxygen atoms in total. The van der Waals surface area contributed by atoms with Crippen molar-refractivity contribution in [1.82, 2.24) is 4.90 Å². The molecule has 2 aliphatic heterocycles. The highest BCUT2D eigenvalue weighted by molar-refractivity contribution is 6.14. The quantitative estimate of drug-likeness (QED) is 0.766. The van der Waals surface area contributed by atoms with E-state index in [9.17, 15) is 19.6 Å². The predicted octanol–water partition coefficient (Wildman–Crippen LogP) is 3.25. The van der Waals surface area contributed by atoms with Crippen molar-refractivity contribution in [1.29, 1.82) is 0 Å². The molecule has 5 rings (SSSR count). The maximum atomic E-state index is 13.3. The van der Waals surface area contributed by atoms with Crippen LogP contribution in [0.4, 0.5) is 0 Å². The van der Waals surface area contributed by atoms with Crippen LogP contribution >= 0.6 is 0 Å². The Morgan fingerprint density at radius 2 is 1.90 bits per heavy atom. The van der Waals surface area contributed by atoms with Gasteiger partial charge in [0.1, 0.15) is 0 Å². The fraction of sp³-hybridized carbons (Fsp3) is 0.360. The average molecular weight is 417 g/mol. The zero-order valence-electron chi connectivity index (χ0n) is 17.9. The van der Waals surface area contributed by atoms with E-state index in [1.807, 2.05) is 24.3 Å². The highest BCUT2D eigenvalue weighted by Gasteiger charge is 2.54. The van der Waals surface area contributed by atoms with Crippen molar-refractivity contribution in [3.05, 3.63) is 86.6 Å². The van der Waals surface area contributed by atoms with Gasteiger partial charge in [0.25, 0.3) is 11.9 Å². The molecule has 1 amide bonds. The molecule has 1 aromatic carbocycles. The highest BCUT2D eigenvalue weighted by Crippen LogP contribution is 2.54.